The van der Waals surface area contributed by atoms with Gasteiger partial charge in [-0.2, -0.15) is 4.31 Å². The van der Waals surface area contributed by atoms with Gasteiger partial charge >= 0.3 is 0 Å². The van der Waals surface area contributed by atoms with Crippen molar-refractivity contribution in [2.75, 3.05) is 13.1 Å². The summed E-state index contributed by atoms with van der Waals surface area (Å²) in [5, 5.41) is 0. The summed E-state index contributed by atoms with van der Waals surface area (Å²) in [5.74, 6) is 0. The standard InChI is InChI=1S/C14H22BrNO2S/c1-3-5-11-16(12-6-4-2)19(17,18)14-9-7-13(15)8-10-14/h7-10H,3-6,11-12H2,1-2H3. The molecular formula is C14H22BrNO2S. The van der Waals surface area contributed by atoms with Crippen molar-refractivity contribution >= 4 is 26.0 Å². The molecule has 0 aliphatic heterocycles. The Morgan fingerprint density at radius 3 is 1.89 bits per heavy atom. The minimum absolute atomic E-state index is 0.378. The second kappa shape index (κ2) is 8.02. The van der Waals surface area contributed by atoms with Crippen LogP contribution in [0, 0.1) is 0 Å². The van der Waals surface area contributed by atoms with Crippen molar-refractivity contribution < 1.29 is 8.42 Å². The fraction of sp³-hybridized carbons (Fsp3) is 0.571. The largest absolute Gasteiger partial charge is 0.243 e. The molecule has 1 rings (SSSR count). The maximum atomic E-state index is 12.6. The minimum Gasteiger partial charge on any atom is -0.207 e. The van der Waals surface area contributed by atoms with Gasteiger partial charge < -0.3 is 0 Å². The molecule has 0 saturated carbocycles. The highest BCUT2D eigenvalue weighted by atomic mass is 79.9. The Bertz CT molecular complexity index is 463. The van der Waals surface area contributed by atoms with E-state index in [0.717, 1.165) is 30.2 Å². The molecule has 0 aliphatic carbocycles. The quantitative estimate of drug-likeness (QED) is 0.711. The lowest BCUT2D eigenvalue weighted by molar-refractivity contribution is 0.395. The predicted molar refractivity (Wildman–Crippen MR) is 82.7 cm³/mol. The zero-order valence-corrected chi connectivity index (χ0v) is 14.0. The van der Waals surface area contributed by atoms with E-state index in [1.807, 2.05) is 0 Å². The third-order valence-corrected chi connectivity index (χ3v) is 5.42. The number of hydrogen-bond donors (Lipinski definition) is 0. The molecule has 1 aromatic rings. The van der Waals surface area contributed by atoms with Crippen molar-refractivity contribution in [1.82, 2.24) is 4.31 Å². The van der Waals surface area contributed by atoms with Crippen molar-refractivity contribution in [2.45, 2.75) is 44.4 Å². The van der Waals surface area contributed by atoms with Gasteiger partial charge in [0.2, 0.25) is 10.0 Å². The lowest BCUT2D eigenvalue weighted by Crippen LogP contribution is -2.33. The lowest BCUT2D eigenvalue weighted by Gasteiger charge is -2.21. The molecule has 0 saturated heterocycles. The number of sulfonamides is 1. The number of hydrogen-bond acceptors (Lipinski definition) is 2. The van der Waals surface area contributed by atoms with E-state index in [1.165, 1.54) is 0 Å². The maximum absolute atomic E-state index is 12.6. The van der Waals surface area contributed by atoms with Crippen LogP contribution in [0.1, 0.15) is 39.5 Å². The summed E-state index contributed by atoms with van der Waals surface area (Å²) < 4.78 is 27.6. The monoisotopic (exact) mass is 347 g/mol. The molecule has 0 atom stereocenters. The summed E-state index contributed by atoms with van der Waals surface area (Å²) in [6.45, 7) is 5.36. The van der Waals surface area contributed by atoms with Crippen LogP contribution in [0.4, 0.5) is 0 Å². The first-order valence-corrected chi connectivity index (χ1v) is 9.01. The van der Waals surface area contributed by atoms with Crippen molar-refractivity contribution in [3.8, 4) is 0 Å². The topological polar surface area (TPSA) is 37.4 Å². The molecule has 0 amide bonds. The molecule has 0 spiro atoms. The van der Waals surface area contributed by atoms with E-state index in [-0.39, 0.29) is 0 Å². The summed E-state index contributed by atoms with van der Waals surface area (Å²) in [7, 11) is -3.35. The summed E-state index contributed by atoms with van der Waals surface area (Å²) in [6.07, 6.45) is 3.80. The highest BCUT2D eigenvalue weighted by Crippen LogP contribution is 2.19. The van der Waals surface area contributed by atoms with E-state index in [2.05, 4.69) is 29.8 Å². The van der Waals surface area contributed by atoms with Crippen LogP contribution in [-0.2, 0) is 10.0 Å². The number of nitrogens with zero attached hydrogens (tertiary/aromatic N) is 1. The first kappa shape index (κ1) is 16.7. The van der Waals surface area contributed by atoms with Crippen LogP contribution in [0.3, 0.4) is 0 Å². The van der Waals surface area contributed by atoms with Crippen LogP contribution in [0.5, 0.6) is 0 Å². The molecule has 0 radical (unpaired) electrons. The number of halogens is 1. The normalized spacial score (nSPS) is 12.0. The van der Waals surface area contributed by atoms with Gasteiger partial charge in [0.1, 0.15) is 0 Å². The minimum atomic E-state index is -3.35. The molecule has 0 aromatic heterocycles. The van der Waals surface area contributed by atoms with Gasteiger partial charge in [-0.25, -0.2) is 8.42 Å². The highest BCUT2D eigenvalue weighted by molar-refractivity contribution is 9.10. The van der Waals surface area contributed by atoms with E-state index >= 15 is 0 Å². The van der Waals surface area contributed by atoms with Gasteiger partial charge in [0.15, 0.2) is 0 Å². The molecule has 19 heavy (non-hydrogen) atoms. The van der Waals surface area contributed by atoms with E-state index in [0.29, 0.717) is 18.0 Å². The van der Waals surface area contributed by atoms with Gasteiger partial charge in [-0.1, -0.05) is 42.6 Å². The second-order valence-electron chi connectivity index (χ2n) is 4.57. The lowest BCUT2D eigenvalue weighted by atomic mass is 10.3. The van der Waals surface area contributed by atoms with Gasteiger partial charge in [-0.05, 0) is 37.1 Å². The SMILES string of the molecule is CCCCN(CCCC)S(=O)(=O)c1ccc(Br)cc1. The van der Waals surface area contributed by atoms with Gasteiger partial charge in [0.05, 0.1) is 4.90 Å². The van der Waals surface area contributed by atoms with Crippen LogP contribution in [0.2, 0.25) is 0 Å². The maximum Gasteiger partial charge on any atom is 0.243 e. The fourth-order valence-corrected chi connectivity index (χ4v) is 3.56. The first-order valence-electron chi connectivity index (χ1n) is 6.78. The van der Waals surface area contributed by atoms with Gasteiger partial charge in [0.25, 0.3) is 0 Å². The van der Waals surface area contributed by atoms with Crippen molar-refractivity contribution in [1.29, 1.82) is 0 Å². The zero-order chi connectivity index (χ0) is 14.3. The van der Waals surface area contributed by atoms with Crippen LogP contribution in [0.15, 0.2) is 33.6 Å². The Hall–Kier alpha value is -0.390. The molecule has 0 aliphatic rings. The summed E-state index contributed by atoms with van der Waals surface area (Å²) in [5.41, 5.74) is 0. The van der Waals surface area contributed by atoms with E-state index in [9.17, 15) is 8.42 Å². The average Bonchev–Trinajstić information content (AvgIpc) is 2.39. The molecule has 108 valence electrons. The predicted octanol–water partition coefficient (Wildman–Crippen LogP) is 4.04. The van der Waals surface area contributed by atoms with Gasteiger partial charge in [-0.15, -0.1) is 0 Å². The Morgan fingerprint density at radius 1 is 1.00 bits per heavy atom. The molecule has 0 bridgehead atoms. The third kappa shape index (κ3) is 4.89. The summed E-state index contributed by atoms with van der Waals surface area (Å²) >= 11 is 3.32. The summed E-state index contributed by atoms with van der Waals surface area (Å²) in [4.78, 5) is 0.378. The Morgan fingerprint density at radius 2 is 1.47 bits per heavy atom. The van der Waals surface area contributed by atoms with Crippen molar-refractivity contribution in [2.24, 2.45) is 0 Å². The molecule has 1 aromatic carbocycles. The van der Waals surface area contributed by atoms with E-state index in [1.54, 1.807) is 28.6 Å². The summed E-state index contributed by atoms with van der Waals surface area (Å²) in [6, 6.07) is 6.85. The van der Waals surface area contributed by atoms with Crippen LogP contribution >= 0.6 is 15.9 Å². The van der Waals surface area contributed by atoms with Gasteiger partial charge in [0, 0.05) is 17.6 Å². The molecule has 5 heteroatoms. The highest BCUT2D eigenvalue weighted by Gasteiger charge is 2.23. The molecule has 0 unspecified atom stereocenters. The van der Waals surface area contributed by atoms with E-state index in [4.69, 9.17) is 0 Å². The molecule has 0 N–H and O–H groups in total. The molecular weight excluding hydrogens is 326 g/mol. The van der Waals surface area contributed by atoms with Crippen LogP contribution in [-0.4, -0.2) is 25.8 Å². The first-order chi connectivity index (χ1) is 9.02. The van der Waals surface area contributed by atoms with Crippen LogP contribution < -0.4 is 0 Å². The van der Waals surface area contributed by atoms with Crippen molar-refractivity contribution in [3.05, 3.63) is 28.7 Å². The Labute approximate surface area is 125 Å². The second-order valence-corrected chi connectivity index (χ2v) is 7.42. The molecule has 0 fully saturated rings. The van der Waals surface area contributed by atoms with Gasteiger partial charge in [-0.3, -0.25) is 0 Å². The van der Waals surface area contributed by atoms with Crippen molar-refractivity contribution in [3.63, 3.8) is 0 Å². The Kier molecular flexibility index (Phi) is 7.04. The molecule has 3 nitrogen and oxygen atoms in total. The van der Waals surface area contributed by atoms with E-state index < -0.39 is 10.0 Å². The zero-order valence-electron chi connectivity index (χ0n) is 11.6. The van der Waals surface area contributed by atoms with Crippen LogP contribution in [0.25, 0.3) is 0 Å². The average molecular weight is 348 g/mol. The Balaban J connectivity index is 2.93. The molecule has 0 heterocycles. The number of unbranched alkanes of at least 4 members (excludes halogenated alkanes) is 2. The fourth-order valence-electron chi connectivity index (χ4n) is 1.78. The smallest absolute Gasteiger partial charge is 0.207 e. The number of benzene rings is 1. The third-order valence-electron chi connectivity index (χ3n) is 2.97. The number of rotatable bonds is 8.